The van der Waals surface area contributed by atoms with Crippen LogP contribution in [0.3, 0.4) is 0 Å². The van der Waals surface area contributed by atoms with Crippen molar-refractivity contribution in [3.05, 3.63) is 12.3 Å². The van der Waals surface area contributed by atoms with E-state index in [0.29, 0.717) is 11.5 Å². The van der Waals surface area contributed by atoms with E-state index in [-0.39, 0.29) is 5.09 Å². The summed E-state index contributed by atoms with van der Waals surface area (Å²) in [5.41, 5.74) is 0.447. The van der Waals surface area contributed by atoms with Gasteiger partial charge in [-0.1, -0.05) is 0 Å². The Morgan fingerprint density at radius 2 is 2.33 bits per heavy atom. The molecule has 0 radical (unpaired) electrons. The van der Waals surface area contributed by atoms with Gasteiger partial charge in [0.15, 0.2) is 0 Å². The average molecular weight is 186 g/mol. The quantitative estimate of drug-likeness (QED) is 0.650. The molecule has 0 amide bonds. The molecule has 1 aromatic heterocycles. The lowest BCUT2D eigenvalue weighted by Crippen LogP contribution is -2.16. The molecule has 0 unspecified atom stereocenters. The zero-order valence-corrected chi connectivity index (χ0v) is 7.05. The minimum atomic E-state index is -3.59. The van der Waals surface area contributed by atoms with Gasteiger partial charge in [0.1, 0.15) is 5.84 Å². The Morgan fingerprint density at radius 1 is 1.58 bits per heavy atom. The van der Waals surface area contributed by atoms with Gasteiger partial charge in [-0.05, 0) is 6.92 Å². The van der Waals surface area contributed by atoms with Crippen LogP contribution in [0.1, 0.15) is 6.92 Å². The predicted molar refractivity (Wildman–Crippen MR) is 42.6 cm³/mol. The van der Waals surface area contributed by atoms with Gasteiger partial charge < -0.3 is 9.73 Å². The second-order valence-electron chi connectivity index (χ2n) is 2.40. The standard InChI is InChI=1S/C6H6N2O3S/c1-4-7-5-2-3-11-6(5)12(9,10)8-4/h2-3H,1H3,(H,7,8). The second kappa shape index (κ2) is 2.10. The first-order chi connectivity index (χ1) is 5.59. The van der Waals surface area contributed by atoms with Crippen LogP contribution in [-0.2, 0) is 10.0 Å². The Hall–Kier alpha value is -1.30. The Labute approximate surface area is 69.2 Å². The first-order valence-electron chi connectivity index (χ1n) is 3.26. The Balaban J connectivity index is 2.72. The first-order valence-corrected chi connectivity index (χ1v) is 4.70. The lowest BCUT2D eigenvalue weighted by molar-refractivity contribution is 0.452. The molecule has 2 heterocycles. The smallest absolute Gasteiger partial charge is 0.319 e. The van der Waals surface area contributed by atoms with Crippen LogP contribution in [0.2, 0.25) is 0 Å². The van der Waals surface area contributed by atoms with E-state index in [2.05, 4.69) is 9.71 Å². The van der Waals surface area contributed by atoms with E-state index in [1.807, 2.05) is 0 Å². The molecule has 1 aliphatic heterocycles. The van der Waals surface area contributed by atoms with Crippen molar-refractivity contribution in [2.75, 3.05) is 5.32 Å². The van der Waals surface area contributed by atoms with Crippen molar-refractivity contribution < 1.29 is 12.8 Å². The molecule has 2 rings (SSSR count). The SMILES string of the molecule is CC1=NS(=O)(=O)c2occc2N1. The van der Waals surface area contributed by atoms with Crippen molar-refractivity contribution in [2.45, 2.75) is 12.0 Å². The lowest BCUT2D eigenvalue weighted by Gasteiger charge is -2.09. The summed E-state index contributed by atoms with van der Waals surface area (Å²) in [7, 11) is -3.59. The number of amidine groups is 1. The molecule has 64 valence electrons. The third-order valence-electron chi connectivity index (χ3n) is 1.44. The first kappa shape index (κ1) is 7.35. The summed E-state index contributed by atoms with van der Waals surface area (Å²) in [6.07, 6.45) is 1.31. The van der Waals surface area contributed by atoms with Gasteiger partial charge in [-0.2, -0.15) is 8.42 Å². The molecule has 1 aromatic rings. The van der Waals surface area contributed by atoms with Crippen molar-refractivity contribution in [1.29, 1.82) is 0 Å². The number of anilines is 1. The van der Waals surface area contributed by atoms with Gasteiger partial charge in [0.2, 0.25) is 0 Å². The monoisotopic (exact) mass is 186 g/mol. The number of nitrogens with one attached hydrogen (secondary N) is 1. The Bertz CT molecular complexity index is 443. The molecular formula is C6H6N2O3S. The molecular weight excluding hydrogens is 180 g/mol. The Morgan fingerprint density at radius 3 is 3.08 bits per heavy atom. The maximum Gasteiger partial charge on any atom is 0.319 e. The van der Waals surface area contributed by atoms with Crippen molar-refractivity contribution in [3.8, 4) is 0 Å². The minimum absolute atomic E-state index is 0.117. The second-order valence-corrected chi connectivity index (χ2v) is 3.90. The predicted octanol–water partition coefficient (Wildman–Crippen LogP) is 0.812. The van der Waals surface area contributed by atoms with Crippen LogP contribution in [-0.4, -0.2) is 14.3 Å². The molecule has 1 aliphatic rings. The fourth-order valence-corrected chi connectivity index (χ4v) is 2.09. The van der Waals surface area contributed by atoms with Crippen molar-refractivity contribution in [3.63, 3.8) is 0 Å². The molecule has 0 fully saturated rings. The van der Waals surface area contributed by atoms with Gasteiger partial charge in [0.25, 0.3) is 5.09 Å². The number of hydrogen-bond acceptors (Lipinski definition) is 4. The molecule has 0 bridgehead atoms. The third-order valence-corrected chi connectivity index (χ3v) is 2.74. The van der Waals surface area contributed by atoms with E-state index in [4.69, 9.17) is 4.42 Å². The number of sulfonamides is 1. The van der Waals surface area contributed by atoms with Crippen LogP contribution in [0.4, 0.5) is 5.69 Å². The molecule has 0 atom stereocenters. The van der Waals surface area contributed by atoms with Crippen molar-refractivity contribution in [1.82, 2.24) is 0 Å². The highest BCUT2D eigenvalue weighted by atomic mass is 32.2. The molecule has 12 heavy (non-hydrogen) atoms. The van der Waals surface area contributed by atoms with Gasteiger partial charge in [-0.15, -0.1) is 4.40 Å². The van der Waals surface area contributed by atoms with E-state index in [0.717, 1.165) is 0 Å². The summed E-state index contributed by atoms with van der Waals surface area (Å²) < 4.78 is 30.6. The molecule has 0 aliphatic carbocycles. The summed E-state index contributed by atoms with van der Waals surface area (Å²) >= 11 is 0. The lowest BCUT2D eigenvalue weighted by atomic mass is 10.5. The van der Waals surface area contributed by atoms with Crippen LogP contribution >= 0.6 is 0 Å². The molecule has 0 saturated carbocycles. The highest BCUT2D eigenvalue weighted by Gasteiger charge is 2.26. The molecule has 0 saturated heterocycles. The van der Waals surface area contributed by atoms with Crippen LogP contribution in [0.25, 0.3) is 0 Å². The van der Waals surface area contributed by atoms with Gasteiger partial charge in [-0.25, -0.2) is 0 Å². The van der Waals surface area contributed by atoms with Crippen LogP contribution in [0, 0.1) is 0 Å². The van der Waals surface area contributed by atoms with Crippen LogP contribution in [0.5, 0.6) is 0 Å². The highest BCUT2D eigenvalue weighted by Crippen LogP contribution is 2.27. The van der Waals surface area contributed by atoms with E-state index in [1.54, 1.807) is 13.0 Å². The fourth-order valence-electron chi connectivity index (χ4n) is 1.03. The zero-order chi connectivity index (χ0) is 8.77. The number of nitrogens with zero attached hydrogens (tertiary/aromatic N) is 1. The molecule has 1 N–H and O–H groups in total. The van der Waals surface area contributed by atoms with Crippen molar-refractivity contribution >= 4 is 21.5 Å². The normalized spacial score (nSPS) is 19.2. The van der Waals surface area contributed by atoms with Gasteiger partial charge >= 0.3 is 10.0 Å². The van der Waals surface area contributed by atoms with E-state index in [9.17, 15) is 8.42 Å². The number of fused-ring (bicyclic) bond motifs is 1. The van der Waals surface area contributed by atoms with Gasteiger partial charge in [-0.3, -0.25) is 0 Å². The molecule has 0 spiro atoms. The van der Waals surface area contributed by atoms with Gasteiger partial charge in [0, 0.05) is 6.07 Å². The summed E-state index contributed by atoms with van der Waals surface area (Å²) in [5, 5.41) is 2.66. The largest absolute Gasteiger partial charge is 0.450 e. The van der Waals surface area contributed by atoms with E-state index < -0.39 is 10.0 Å². The summed E-state index contributed by atoms with van der Waals surface area (Å²) in [6.45, 7) is 1.58. The number of furan rings is 1. The summed E-state index contributed by atoms with van der Waals surface area (Å²) in [5.74, 6) is 0.351. The third kappa shape index (κ3) is 0.918. The molecule has 0 aromatic carbocycles. The molecule has 5 nitrogen and oxygen atoms in total. The zero-order valence-electron chi connectivity index (χ0n) is 6.23. The van der Waals surface area contributed by atoms with E-state index >= 15 is 0 Å². The summed E-state index contributed by atoms with van der Waals surface area (Å²) in [6, 6.07) is 1.55. The number of rotatable bonds is 0. The van der Waals surface area contributed by atoms with Gasteiger partial charge in [0.05, 0.1) is 12.0 Å². The van der Waals surface area contributed by atoms with Crippen molar-refractivity contribution in [2.24, 2.45) is 4.40 Å². The van der Waals surface area contributed by atoms with E-state index in [1.165, 1.54) is 6.26 Å². The highest BCUT2D eigenvalue weighted by molar-refractivity contribution is 7.90. The number of hydrogen-bond donors (Lipinski definition) is 1. The topological polar surface area (TPSA) is 71.7 Å². The van der Waals surface area contributed by atoms with Crippen LogP contribution < -0.4 is 5.32 Å². The maximum absolute atomic E-state index is 11.2. The fraction of sp³-hybridized carbons (Fsp3) is 0.167. The maximum atomic E-state index is 11.2. The molecule has 6 heteroatoms. The summed E-state index contributed by atoms with van der Waals surface area (Å²) in [4.78, 5) is 0. The van der Waals surface area contributed by atoms with Crippen LogP contribution in [0.15, 0.2) is 26.2 Å². The average Bonchev–Trinajstić information content (AvgIpc) is 2.32. The Kier molecular flexibility index (Phi) is 1.29. The minimum Gasteiger partial charge on any atom is -0.450 e.